The number of anilines is 3. The maximum atomic E-state index is 13.3. The van der Waals surface area contributed by atoms with E-state index in [9.17, 15) is 4.39 Å². The second kappa shape index (κ2) is 9.55. The summed E-state index contributed by atoms with van der Waals surface area (Å²) in [6, 6.07) is 7.86. The smallest absolute Gasteiger partial charge is 0.144 e. The van der Waals surface area contributed by atoms with Crippen molar-refractivity contribution in [2.45, 2.75) is 6.42 Å². The predicted molar refractivity (Wildman–Crippen MR) is 108 cm³/mol. The Labute approximate surface area is 167 Å². The second-order valence-corrected chi connectivity index (χ2v) is 5.99. The van der Waals surface area contributed by atoms with E-state index in [2.05, 4.69) is 15.3 Å². The van der Waals surface area contributed by atoms with E-state index in [1.807, 2.05) is 0 Å². The second-order valence-electron chi connectivity index (χ2n) is 5.58. The number of benzene rings is 2. The van der Waals surface area contributed by atoms with Crippen LogP contribution in [0.4, 0.5) is 21.6 Å². The number of hydrogen-bond acceptors (Lipinski definition) is 6. The molecular formula is C18H19Cl2FN4O2. The standard InChI is InChI=1S/C18H18ClFN4O2.ClH/c1-25-5-2-6-26-17-9-16-12(8-15(17)21)18(23-10-22-16)24-11-3-4-14(20)13(19)7-11;/h3-4,7-10H,2,5-6,21H2,1H3,(H,22,23,24);1H. The zero-order valence-electron chi connectivity index (χ0n) is 14.5. The molecule has 0 saturated heterocycles. The van der Waals surface area contributed by atoms with Crippen molar-refractivity contribution < 1.29 is 13.9 Å². The van der Waals surface area contributed by atoms with Crippen LogP contribution in [0.25, 0.3) is 10.9 Å². The van der Waals surface area contributed by atoms with Gasteiger partial charge in [0.2, 0.25) is 0 Å². The zero-order valence-corrected chi connectivity index (χ0v) is 16.1. The van der Waals surface area contributed by atoms with E-state index < -0.39 is 5.82 Å². The molecule has 0 atom stereocenters. The largest absolute Gasteiger partial charge is 0.491 e. The number of ether oxygens (including phenoxy) is 2. The first-order chi connectivity index (χ1) is 12.6. The van der Waals surface area contributed by atoms with Crippen LogP contribution >= 0.6 is 24.0 Å². The minimum atomic E-state index is -0.482. The van der Waals surface area contributed by atoms with E-state index in [0.29, 0.717) is 41.7 Å². The molecule has 6 nitrogen and oxygen atoms in total. The fourth-order valence-electron chi connectivity index (χ4n) is 2.42. The van der Waals surface area contributed by atoms with Gasteiger partial charge in [0.25, 0.3) is 0 Å². The minimum absolute atomic E-state index is 0. The number of rotatable bonds is 7. The van der Waals surface area contributed by atoms with Gasteiger partial charge in [-0.3, -0.25) is 0 Å². The molecule has 0 aliphatic rings. The molecule has 3 rings (SSSR count). The first-order valence-electron chi connectivity index (χ1n) is 7.96. The van der Waals surface area contributed by atoms with E-state index in [0.717, 1.165) is 11.8 Å². The molecular weight excluding hydrogens is 394 g/mol. The highest BCUT2D eigenvalue weighted by Gasteiger charge is 2.10. The number of aromatic nitrogens is 2. The molecule has 0 saturated carbocycles. The van der Waals surface area contributed by atoms with Gasteiger partial charge in [-0.1, -0.05) is 11.6 Å². The summed E-state index contributed by atoms with van der Waals surface area (Å²) in [6.07, 6.45) is 2.19. The lowest BCUT2D eigenvalue weighted by Crippen LogP contribution is -2.04. The lowest BCUT2D eigenvalue weighted by Gasteiger charge is -2.12. The third kappa shape index (κ3) is 5.09. The first kappa shape index (κ1) is 21.0. The van der Waals surface area contributed by atoms with Crippen LogP contribution in [0.1, 0.15) is 6.42 Å². The Kier molecular flexibility index (Phi) is 7.41. The molecule has 1 heterocycles. The van der Waals surface area contributed by atoms with Gasteiger partial charge in [0.15, 0.2) is 0 Å². The first-order valence-corrected chi connectivity index (χ1v) is 8.34. The van der Waals surface area contributed by atoms with Crippen molar-refractivity contribution in [2.75, 3.05) is 31.4 Å². The average Bonchev–Trinajstić information content (AvgIpc) is 2.63. The molecule has 0 bridgehead atoms. The SMILES string of the molecule is COCCCOc1cc2ncnc(Nc3ccc(F)c(Cl)c3)c2cc1N.Cl. The maximum absolute atomic E-state index is 13.3. The van der Waals surface area contributed by atoms with Crippen molar-refractivity contribution in [3.8, 4) is 5.75 Å². The van der Waals surface area contributed by atoms with Crippen LogP contribution < -0.4 is 15.8 Å². The van der Waals surface area contributed by atoms with Crippen molar-refractivity contribution in [3.63, 3.8) is 0 Å². The fourth-order valence-corrected chi connectivity index (χ4v) is 2.60. The highest BCUT2D eigenvalue weighted by molar-refractivity contribution is 6.31. The molecule has 0 spiro atoms. The summed E-state index contributed by atoms with van der Waals surface area (Å²) >= 11 is 5.82. The van der Waals surface area contributed by atoms with Gasteiger partial charge in [0.1, 0.15) is 23.7 Å². The molecule has 3 aromatic rings. The van der Waals surface area contributed by atoms with Crippen LogP contribution in [0.3, 0.4) is 0 Å². The average molecular weight is 413 g/mol. The van der Waals surface area contributed by atoms with Gasteiger partial charge in [-0.15, -0.1) is 12.4 Å². The van der Waals surface area contributed by atoms with Gasteiger partial charge in [-0.2, -0.15) is 0 Å². The van der Waals surface area contributed by atoms with Crippen LogP contribution in [0.15, 0.2) is 36.7 Å². The number of fused-ring (bicyclic) bond motifs is 1. The summed E-state index contributed by atoms with van der Waals surface area (Å²) in [5, 5.41) is 3.85. The number of nitrogens with one attached hydrogen (secondary N) is 1. The number of methoxy groups -OCH3 is 1. The summed E-state index contributed by atoms with van der Waals surface area (Å²) in [7, 11) is 1.64. The van der Waals surface area contributed by atoms with Crippen molar-refractivity contribution in [3.05, 3.63) is 47.5 Å². The van der Waals surface area contributed by atoms with Crippen LogP contribution in [0, 0.1) is 5.82 Å². The molecule has 9 heteroatoms. The lowest BCUT2D eigenvalue weighted by atomic mass is 10.2. The lowest BCUT2D eigenvalue weighted by molar-refractivity contribution is 0.172. The van der Waals surface area contributed by atoms with E-state index >= 15 is 0 Å². The van der Waals surface area contributed by atoms with Gasteiger partial charge in [-0.05, 0) is 24.3 Å². The summed E-state index contributed by atoms with van der Waals surface area (Å²) in [5.74, 6) is 0.614. The maximum Gasteiger partial charge on any atom is 0.144 e. The zero-order chi connectivity index (χ0) is 18.5. The Balaban J connectivity index is 0.00000261. The Morgan fingerprint density at radius 2 is 2.00 bits per heavy atom. The van der Waals surface area contributed by atoms with E-state index in [4.69, 9.17) is 26.8 Å². The topological polar surface area (TPSA) is 82.3 Å². The van der Waals surface area contributed by atoms with Crippen molar-refractivity contribution in [2.24, 2.45) is 0 Å². The summed E-state index contributed by atoms with van der Waals surface area (Å²) < 4.78 is 24.0. The van der Waals surface area contributed by atoms with Gasteiger partial charge in [0.05, 0.1) is 22.8 Å². The van der Waals surface area contributed by atoms with Crippen molar-refractivity contribution in [1.82, 2.24) is 9.97 Å². The summed E-state index contributed by atoms with van der Waals surface area (Å²) in [5.41, 5.74) is 7.85. The summed E-state index contributed by atoms with van der Waals surface area (Å²) in [4.78, 5) is 8.50. The molecule has 144 valence electrons. The van der Waals surface area contributed by atoms with Crippen molar-refractivity contribution in [1.29, 1.82) is 0 Å². The molecule has 27 heavy (non-hydrogen) atoms. The van der Waals surface area contributed by atoms with Crippen molar-refractivity contribution >= 4 is 52.1 Å². The third-order valence-electron chi connectivity index (χ3n) is 3.70. The molecule has 0 radical (unpaired) electrons. The Bertz CT molecular complexity index is 927. The van der Waals surface area contributed by atoms with Crippen LogP contribution in [-0.2, 0) is 4.74 Å². The molecule has 2 aromatic carbocycles. The molecule has 0 aliphatic carbocycles. The van der Waals surface area contributed by atoms with Gasteiger partial charge >= 0.3 is 0 Å². The van der Waals surface area contributed by atoms with Crippen LogP contribution in [-0.4, -0.2) is 30.3 Å². The quantitative estimate of drug-likeness (QED) is 0.436. The number of halogens is 3. The highest BCUT2D eigenvalue weighted by atomic mass is 35.5. The van der Waals surface area contributed by atoms with Gasteiger partial charge in [0, 0.05) is 37.3 Å². The van der Waals surface area contributed by atoms with Crippen LogP contribution in [0.5, 0.6) is 5.75 Å². The molecule has 0 aliphatic heterocycles. The van der Waals surface area contributed by atoms with E-state index in [1.54, 1.807) is 25.3 Å². The van der Waals surface area contributed by atoms with E-state index in [-0.39, 0.29) is 17.4 Å². The normalized spacial score (nSPS) is 10.5. The van der Waals surface area contributed by atoms with Gasteiger partial charge < -0.3 is 20.5 Å². The predicted octanol–water partition coefficient (Wildman–Crippen LogP) is 4.59. The summed E-state index contributed by atoms with van der Waals surface area (Å²) in [6.45, 7) is 1.11. The highest BCUT2D eigenvalue weighted by Crippen LogP contribution is 2.32. The van der Waals surface area contributed by atoms with Crippen LogP contribution in [0.2, 0.25) is 5.02 Å². The third-order valence-corrected chi connectivity index (χ3v) is 3.99. The number of nitrogen functional groups attached to an aromatic ring is 1. The molecule has 0 unspecified atom stereocenters. The Hall–Kier alpha value is -2.35. The molecule has 0 fully saturated rings. The van der Waals surface area contributed by atoms with Gasteiger partial charge in [-0.25, -0.2) is 14.4 Å². The van der Waals surface area contributed by atoms with E-state index in [1.165, 1.54) is 18.5 Å². The Morgan fingerprint density at radius 1 is 1.19 bits per heavy atom. The monoisotopic (exact) mass is 412 g/mol. The molecule has 3 N–H and O–H groups in total. The molecule has 1 aromatic heterocycles. The number of hydrogen-bond donors (Lipinski definition) is 2. The number of nitrogens with zero attached hydrogens (tertiary/aromatic N) is 2. The number of nitrogens with two attached hydrogens (primary N) is 1. The Morgan fingerprint density at radius 3 is 2.74 bits per heavy atom. The molecule has 0 amide bonds. The minimum Gasteiger partial charge on any atom is -0.491 e. The fraction of sp³-hybridized carbons (Fsp3) is 0.222.